The molecule has 0 aliphatic heterocycles. The van der Waals surface area contributed by atoms with E-state index in [1.807, 2.05) is 52.0 Å². The molecule has 1 heterocycles. The molecule has 0 saturated carbocycles. The molecule has 2 aromatic rings. The zero-order chi connectivity index (χ0) is 16.9. The number of hydrogen-bond acceptors (Lipinski definition) is 4. The summed E-state index contributed by atoms with van der Waals surface area (Å²) in [6.07, 6.45) is 0.783. The molecule has 0 aliphatic rings. The van der Waals surface area contributed by atoms with Crippen molar-refractivity contribution in [3.8, 4) is 0 Å². The van der Waals surface area contributed by atoms with Gasteiger partial charge in [-0.3, -0.25) is 0 Å². The van der Waals surface area contributed by atoms with Gasteiger partial charge in [0.2, 0.25) is 0 Å². The van der Waals surface area contributed by atoms with E-state index in [-0.39, 0.29) is 11.6 Å². The minimum atomic E-state index is -0.240. The van der Waals surface area contributed by atoms with Crippen molar-refractivity contribution in [2.24, 2.45) is 0 Å². The lowest BCUT2D eigenvalue weighted by molar-refractivity contribution is 0.232. The van der Waals surface area contributed by atoms with Crippen molar-refractivity contribution in [2.75, 3.05) is 18.4 Å². The van der Waals surface area contributed by atoms with Crippen LogP contribution in [0.4, 0.5) is 10.6 Å². The number of benzene rings is 1. The summed E-state index contributed by atoms with van der Waals surface area (Å²) in [5, 5.41) is 9.97. The van der Waals surface area contributed by atoms with E-state index >= 15 is 0 Å². The Kier molecular flexibility index (Phi) is 5.36. The predicted octanol–water partition coefficient (Wildman–Crippen LogP) is 2.70. The Hall–Kier alpha value is -2.37. The van der Waals surface area contributed by atoms with E-state index in [9.17, 15) is 4.79 Å². The molecular formula is C17H25N5O. The zero-order valence-corrected chi connectivity index (χ0v) is 14.2. The molecule has 1 aromatic carbocycles. The fourth-order valence-corrected chi connectivity index (χ4v) is 2.16. The lowest BCUT2D eigenvalue weighted by atomic mass is 10.1. The number of urea groups is 1. The Morgan fingerprint density at radius 1 is 1.13 bits per heavy atom. The number of hydrogen-bond donors (Lipinski definition) is 3. The SMILES string of the molecule is CCc1nc(NCCNC(=O)NC(C)(C)C)c2ccccc2n1. The molecule has 0 atom stereocenters. The largest absolute Gasteiger partial charge is 0.368 e. The Labute approximate surface area is 137 Å². The fourth-order valence-electron chi connectivity index (χ4n) is 2.16. The molecule has 0 unspecified atom stereocenters. The molecule has 6 nitrogen and oxygen atoms in total. The van der Waals surface area contributed by atoms with Crippen LogP contribution in [0, 0.1) is 0 Å². The number of anilines is 1. The van der Waals surface area contributed by atoms with Crippen LogP contribution in [-0.4, -0.2) is 34.6 Å². The van der Waals surface area contributed by atoms with Gasteiger partial charge in [0.15, 0.2) is 0 Å². The highest BCUT2D eigenvalue weighted by Crippen LogP contribution is 2.19. The lowest BCUT2D eigenvalue weighted by Gasteiger charge is -2.20. The third kappa shape index (κ3) is 5.09. The van der Waals surface area contributed by atoms with Gasteiger partial charge in [-0.05, 0) is 32.9 Å². The van der Waals surface area contributed by atoms with Gasteiger partial charge in [0.25, 0.3) is 0 Å². The Morgan fingerprint density at radius 2 is 1.87 bits per heavy atom. The average Bonchev–Trinajstić information content (AvgIpc) is 2.49. The van der Waals surface area contributed by atoms with Crippen molar-refractivity contribution in [1.82, 2.24) is 20.6 Å². The number of carbonyl (C=O) groups excluding carboxylic acids is 1. The maximum atomic E-state index is 11.7. The van der Waals surface area contributed by atoms with E-state index in [1.165, 1.54) is 0 Å². The van der Waals surface area contributed by atoms with Crippen molar-refractivity contribution in [1.29, 1.82) is 0 Å². The Morgan fingerprint density at radius 3 is 2.57 bits per heavy atom. The minimum Gasteiger partial charge on any atom is -0.368 e. The zero-order valence-electron chi connectivity index (χ0n) is 14.2. The highest BCUT2D eigenvalue weighted by molar-refractivity contribution is 5.89. The van der Waals surface area contributed by atoms with Crippen LogP contribution in [0.5, 0.6) is 0 Å². The first-order valence-corrected chi connectivity index (χ1v) is 7.94. The van der Waals surface area contributed by atoms with Crippen LogP contribution < -0.4 is 16.0 Å². The summed E-state index contributed by atoms with van der Waals surface area (Å²) in [5.41, 5.74) is 0.691. The van der Waals surface area contributed by atoms with Gasteiger partial charge >= 0.3 is 6.03 Å². The van der Waals surface area contributed by atoms with Gasteiger partial charge in [-0.15, -0.1) is 0 Å². The van der Waals surface area contributed by atoms with Crippen molar-refractivity contribution >= 4 is 22.8 Å². The predicted molar refractivity (Wildman–Crippen MR) is 93.7 cm³/mol. The molecule has 0 aliphatic carbocycles. The van der Waals surface area contributed by atoms with Gasteiger partial charge in [0.1, 0.15) is 11.6 Å². The van der Waals surface area contributed by atoms with E-state index in [2.05, 4.69) is 25.9 Å². The standard InChI is InChI=1S/C17H25N5O/c1-5-14-20-13-9-7-6-8-12(13)15(21-14)18-10-11-19-16(23)22-17(2,3)4/h6-9H,5,10-11H2,1-4H3,(H,18,20,21)(H2,19,22,23). The van der Waals surface area contributed by atoms with Gasteiger partial charge in [0.05, 0.1) is 5.52 Å². The summed E-state index contributed by atoms with van der Waals surface area (Å²) in [5.74, 6) is 1.62. The number of carbonyl (C=O) groups is 1. The van der Waals surface area contributed by atoms with E-state index in [0.29, 0.717) is 13.1 Å². The van der Waals surface area contributed by atoms with Crippen LogP contribution in [0.1, 0.15) is 33.5 Å². The van der Waals surface area contributed by atoms with Gasteiger partial charge in [-0.1, -0.05) is 19.1 Å². The maximum Gasteiger partial charge on any atom is 0.315 e. The van der Waals surface area contributed by atoms with Gasteiger partial charge < -0.3 is 16.0 Å². The van der Waals surface area contributed by atoms with E-state index in [1.54, 1.807) is 0 Å². The first-order valence-electron chi connectivity index (χ1n) is 7.94. The number of fused-ring (bicyclic) bond motifs is 1. The summed E-state index contributed by atoms with van der Waals surface area (Å²) in [6, 6.07) is 7.75. The minimum absolute atomic E-state index is 0.166. The molecule has 1 aromatic heterocycles. The smallest absolute Gasteiger partial charge is 0.315 e. The fraction of sp³-hybridized carbons (Fsp3) is 0.471. The second-order valence-corrected chi connectivity index (χ2v) is 6.42. The van der Waals surface area contributed by atoms with E-state index in [0.717, 1.165) is 29.0 Å². The van der Waals surface area contributed by atoms with Gasteiger partial charge in [-0.25, -0.2) is 14.8 Å². The van der Waals surface area contributed by atoms with Crippen LogP contribution in [0.25, 0.3) is 10.9 Å². The molecule has 0 saturated heterocycles. The van der Waals surface area contributed by atoms with E-state index < -0.39 is 0 Å². The number of rotatable bonds is 5. The third-order valence-corrected chi connectivity index (χ3v) is 3.16. The first-order chi connectivity index (χ1) is 10.9. The van der Waals surface area contributed by atoms with Gasteiger partial charge in [-0.2, -0.15) is 0 Å². The normalized spacial score (nSPS) is 11.3. The van der Waals surface area contributed by atoms with E-state index in [4.69, 9.17) is 0 Å². The molecule has 6 heteroatoms. The molecule has 2 rings (SSSR count). The molecule has 3 N–H and O–H groups in total. The molecule has 23 heavy (non-hydrogen) atoms. The van der Waals surface area contributed by atoms with Crippen LogP contribution in [0.3, 0.4) is 0 Å². The number of aryl methyl sites for hydroxylation is 1. The summed E-state index contributed by atoms with van der Waals surface area (Å²) < 4.78 is 0. The second-order valence-electron chi connectivity index (χ2n) is 6.42. The first kappa shape index (κ1) is 17.0. The number of nitrogens with one attached hydrogen (secondary N) is 3. The molecule has 2 amide bonds. The molecule has 124 valence electrons. The summed E-state index contributed by atoms with van der Waals surface area (Å²) in [7, 11) is 0. The molecule has 0 fully saturated rings. The molecule has 0 bridgehead atoms. The second kappa shape index (κ2) is 7.26. The Balaban J connectivity index is 1.96. The molecular weight excluding hydrogens is 290 g/mol. The average molecular weight is 315 g/mol. The molecule has 0 radical (unpaired) electrons. The number of nitrogens with zero attached hydrogens (tertiary/aromatic N) is 2. The van der Waals surface area contributed by atoms with Crippen LogP contribution in [0.2, 0.25) is 0 Å². The van der Waals surface area contributed by atoms with Crippen molar-refractivity contribution in [3.63, 3.8) is 0 Å². The third-order valence-electron chi connectivity index (χ3n) is 3.16. The topological polar surface area (TPSA) is 78.9 Å². The highest BCUT2D eigenvalue weighted by Gasteiger charge is 2.12. The number of para-hydroxylation sites is 1. The monoisotopic (exact) mass is 315 g/mol. The van der Waals surface area contributed by atoms with Crippen molar-refractivity contribution in [3.05, 3.63) is 30.1 Å². The van der Waals surface area contributed by atoms with Crippen LogP contribution in [-0.2, 0) is 6.42 Å². The molecule has 0 spiro atoms. The number of amides is 2. The summed E-state index contributed by atoms with van der Waals surface area (Å²) >= 11 is 0. The Bertz CT molecular complexity index is 678. The van der Waals surface area contributed by atoms with Crippen molar-refractivity contribution < 1.29 is 4.79 Å². The quantitative estimate of drug-likeness (QED) is 0.741. The van der Waals surface area contributed by atoms with Gasteiger partial charge in [0, 0.05) is 30.4 Å². The van der Waals surface area contributed by atoms with Crippen molar-refractivity contribution in [2.45, 2.75) is 39.7 Å². The highest BCUT2D eigenvalue weighted by atomic mass is 16.2. The maximum absolute atomic E-state index is 11.7. The van der Waals surface area contributed by atoms with Crippen LogP contribution >= 0.6 is 0 Å². The summed E-state index contributed by atoms with van der Waals surface area (Å²) in [4.78, 5) is 20.8. The van der Waals surface area contributed by atoms with Crippen LogP contribution in [0.15, 0.2) is 24.3 Å². The summed E-state index contributed by atoms with van der Waals surface area (Å²) in [6.45, 7) is 8.99. The number of aromatic nitrogens is 2. The lowest BCUT2D eigenvalue weighted by Crippen LogP contribution is -2.47.